The zero-order valence-electron chi connectivity index (χ0n) is 10.9. The van der Waals surface area contributed by atoms with Gasteiger partial charge in [0.2, 0.25) is 0 Å². The van der Waals surface area contributed by atoms with Gasteiger partial charge in [0.05, 0.1) is 0 Å². The molecule has 96 valence electrons. The highest BCUT2D eigenvalue weighted by Gasteiger charge is 2.15. The molecule has 3 nitrogen and oxygen atoms in total. The number of benzene rings is 1. The summed E-state index contributed by atoms with van der Waals surface area (Å²) < 4.78 is 5.69. The fourth-order valence-corrected chi connectivity index (χ4v) is 2.12. The minimum atomic E-state index is -0.777. The summed E-state index contributed by atoms with van der Waals surface area (Å²) in [5.41, 5.74) is 3.63. The third-order valence-corrected chi connectivity index (χ3v) is 3.21. The number of nitrogens with zero attached hydrogens (tertiary/aromatic N) is 1. The van der Waals surface area contributed by atoms with Crippen molar-refractivity contribution in [2.45, 2.75) is 20.0 Å². The van der Waals surface area contributed by atoms with Crippen LogP contribution in [0, 0.1) is 13.8 Å². The van der Waals surface area contributed by atoms with Crippen molar-refractivity contribution in [1.29, 1.82) is 0 Å². The van der Waals surface area contributed by atoms with E-state index in [1.165, 1.54) is 5.56 Å². The summed E-state index contributed by atoms with van der Waals surface area (Å²) in [6.45, 7) is 3.95. The minimum absolute atomic E-state index is 0.547. The summed E-state index contributed by atoms with van der Waals surface area (Å²) in [6.07, 6.45) is 0.902. The lowest BCUT2D eigenvalue weighted by Gasteiger charge is -2.07. The number of hydrogen-bond donors (Lipinski definition) is 1. The molecule has 1 unspecified atom stereocenters. The smallest absolute Gasteiger partial charge is 0.138 e. The monoisotopic (exact) mass is 253 g/mol. The van der Waals surface area contributed by atoms with Crippen LogP contribution in [0.15, 0.2) is 47.0 Å². The largest absolute Gasteiger partial charge is 0.458 e. The van der Waals surface area contributed by atoms with Gasteiger partial charge in [-0.2, -0.15) is 0 Å². The molecule has 3 aromatic rings. The molecule has 2 aromatic heterocycles. The SMILES string of the molecule is Cc1ccc2oc(C(O)c3ccc(C)nc3)cc2c1. The number of aliphatic hydroxyl groups is 1. The second kappa shape index (κ2) is 4.52. The average Bonchev–Trinajstić information content (AvgIpc) is 2.81. The molecule has 2 heterocycles. The van der Waals surface area contributed by atoms with Gasteiger partial charge in [0.15, 0.2) is 0 Å². The lowest BCUT2D eigenvalue weighted by Crippen LogP contribution is -1.98. The first kappa shape index (κ1) is 11.9. The van der Waals surface area contributed by atoms with Gasteiger partial charge in [-0.15, -0.1) is 0 Å². The molecule has 3 rings (SSSR count). The molecule has 3 heteroatoms. The van der Waals surface area contributed by atoms with E-state index < -0.39 is 6.10 Å². The molecule has 1 atom stereocenters. The Balaban J connectivity index is 2.01. The van der Waals surface area contributed by atoms with E-state index in [-0.39, 0.29) is 0 Å². The Kier molecular flexibility index (Phi) is 2.84. The molecule has 1 aromatic carbocycles. The molecule has 0 fully saturated rings. The van der Waals surface area contributed by atoms with E-state index in [0.29, 0.717) is 5.76 Å². The average molecular weight is 253 g/mol. The molecule has 0 aliphatic carbocycles. The van der Waals surface area contributed by atoms with Crippen LogP contribution in [0.4, 0.5) is 0 Å². The van der Waals surface area contributed by atoms with Gasteiger partial charge in [-0.05, 0) is 38.1 Å². The number of aromatic nitrogens is 1. The van der Waals surface area contributed by atoms with Crippen molar-refractivity contribution in [1.82, 2.24) is 4.98 Å². The van der Waals surface area contributed by atoms with E-state index in [0.717, 1.165) is 22.2 Å². The third kappa shape index (κ3) is 2.25. The first-order valence-electron chi connectivity index (χ1n) is 6.24. The van der Waals surface area contributed by atoms with E-state index in [1.807, 2.05) is 50.2 Å². The maximum Gasteiger partial charge on any atom is 0.138 e. The molecular weight excluding hydrogens is 238 g/mol. The summed E-state index contributed by atoms with van der Waals surface area (Å²) in [7, 11) is 0. The van der Waals surface area contributed by atoms with Gasteiger partial charge >= 0.3 is 0 Å². The van der Waals surface area contributed by atoms with Crippen molar-refractivity contribution in [3.8, 4) is 0 Å². The van der Waals surface area contributed by atoms with Gasteiger partial charge in [-0.3, -0.25) is 4.98 Å². The molecule has 1 N–H and O–H groups in total. The summed E-state index contributed by atoms with van der Waals surface area (Å²) in [6, 6.07) is 11.6. The quantitative estimate of drug-likeness (QED) is 0.760. The fourth-order valence-electron chi connectivity index (χ4n) is 2.12. The van der Waals surface area contributed by atoms with E-state index in [2.05, 4.69) is 4.98 Å². The fraction of sp³-hybridized carbons (Fsp3) is 0.188. The van der Waals surface area contributed by atoms with Crippen LogP contribution < -0.4 is 0 Å². The van der Waals surface area contributed by atoms with Crippen molar-refractivity contribution in [3.63, 3.8) is 0 Å². The summed E-state index contributed by atoms with van der Waals surface area (Å²) in [4.78, 5) is 4.19. The highest BCUT2D eigenvalue weighted by atomic mass is 16.4. The second-order valence-corrected chi connectivity index (χ2v) is 4.83. The molecule has 0 aliphatic rings. The Labute approximate surface area is 111 Å². The first-order chi connectivity index (χ1) is 9.13. The van der Waals surface area contributed by atoms with E-state index >= 15 is 0 Å². The summed E-state index contributed by atoms with van der Waals surface area (Å²) >= 11 is 0. The molecule has 0 saturated carbocycles. The summed E-state index contributed by atoms with van der Waals surface area (Å²) in [5.74, 6) is 0.547. The van der Waals surface area contributed by atoms with Gasteiger partial charge in [-0.25, -0.2) is 0 Å². The zero-order chi connectivity index (χ0) is 13.4. The number of furan rings is 1. The number of aryl methyl sites for hydroxylation is 2. The number of pyridine rings is 1. The Bertz CT molecular complexity index is 713. The predicted molar refractivity (Wildman–Crippen MR) is 74.0 cm³/mol. The number of fused-ring (bicyclic) bond motifs is 1. The highest BCUT2D eigenvalue weighted by Crippen LogP contribution is 2.28. The van der Waals surface area contributed by atoms with Crippen molar-refractivity contribution in [3.05, 3.63) is 65.2 Å². The number of hydrogen-bond acceptors (Lipinski definition) is 3. The molecule has 0 amide bonds. The van der Waals surface area contributed by atoms with Gasteiger partial charge in [0.1, 0.15) is 17.4 Å². The second-order valence-electron chi connectivity index (χ2n) is 4.83. The van der Waals surface area contributed by atoms with E-state index in [1.54, 1.807) is 6.20 Å². The van der Waals surface area contributed by atoms with E-state index in [4.69, 9.17) is 4.42 Å². The van der Waals surface area contributed by atoms with Crippen molar-refractivity contribution < 1.29 is 9.52 Å². The zero-order valence-corrected chi connectivity index (χ0v) is 10.9. The van der Waals surface area contributed by atoms with Crippen LogP contribution in [0.25, 0.3) is 11.0 Å². The van der Waals surface area contributed by atoms with Crippen LogP contribution in [-0.4, -0.2) is 10.1 Å². The van der Waals surface area contributed by atoms with Crippen LogP contribution in [0.5, 0.6) is 0 Å². The normalized spacial score (nSPS) is 12.8. The number of rotatable bonds is 2. The topological polar surface area (TPSA) is 46.3 Å². The molecule has 19 heavy (non-hydrogen) atoms. The third-order valence-electron chi connectivity index (χ3n) is 3.21. The van der Waals surface area contributed by atoms with Gasteiger partial charge in [0, 0.05) is 22.8 Å². The standard InChI is InChI=1S/C16H15NO2/c1-10-3-6-14-13(7-10)8-15(19-14)16(18)12-5-4-11(2)17-9-12/h3-9,16,18H,1-2H3. The molecule has 0 saturated heterocycles. The number of aliphatic hydroxyl groups excluding tert-OH is 1. The highest BCUT2D eigenvalue weighted by molar-refractivity contribution is 5.78. The van der Waals surface area contributed by atoms with Gasteiger partial charge in [0.25, 0.3) is 0 Å². The Morgan fingerprint density at radius 2 is 1.95 bits per heavy atom. The Morgan fingerprint density at radius 1 is 1.11 bits per heavy atom. The van der Waals surface area contributed by atoms with Gasteiger partial charge < -0.3 is 9.52 Å². The minimum Gasteiger partial charge on any atom is -0.458 e. The van der Waals surface area contributed by atoms with Crippen LogP contribution in [-0.2, 0) is 0 Å². The Hall–Kier alpha value is -2.13. The first-order valence-corrected chi connectivity index (χ1v) is 6.24. The predicted octanol–water partition coefficient (Wildman–Crippen LogP) is 3.53. The van der Waals surface area contributed by atoms with Crippen LogP contribution in [0.3, 0.4) is 0 Å². The van der Waals surface area contributed by atoms with Crippen molar-refractivity contribution in [2.75, 3.05) is 0 Å². The molecular formula is C16H15NO2. The van der Waals surface area contributed by atoms with Crippen LogP contribution in [0.1, 0.15) is 28.7 Å². The molecule has 0 radical (unpaired) electrons. The van der Waals surface area contributed by atoms with Crippen LogP contribution in [0.2, 0.25) is 0 Å². The molecule has 0 aliphatic heterocycles. The maximum absolute atomic E-state index is 10.3. The van der Waals surface area contributed by atoms with Crippen LogP contribution >= 0.6 is 0 Å². The lowest BCUT2D eigenvalue weighted by molar-refractivity contribution is 0.192. The molecule has 0 bridgehead atoms. The van der Waals surface area contributed by atoms with Gasteiger partial charge in [-0.1, -0.05) is 17.7 Å². The van der Waals surface area contributed by atoms with Crippen molar-refractivity contribution in [2.24, 2.45) is 0 Å². The maximum atomic E-state index is 10.3. The molecule has 0 spiro atoms. The summed E-state index contributed by atoms with van der Waals surface area (Å²) in [5, 5.41) is 11.3. The lowest BCUT2D eigenvalue weighted by atomic mass is 10.1. The van der Waals surface area contributed by atoms with Crippen molar-refractivity contribution >= 4 is 11.0 Å². The van der Waals surface area contributed by atoms with E-state index in [9.17, 15) is 5.11 Å². The Morgan fingerprint density at radius 3 is 2.68 bits per heavy atom.